The number of benzene rings is 2. The highest BCUT2D eigenvalue weighted by atomic mass is 32.1. The Kier molecular flexibility index (Phi) is 5.20. The number of nitrogens with zero attached hydrogens (tertiary/aromatic N) is 3. The molecule has 2 heterocycles. The molecule has 0 aliphatic rings. The lowest BCUT2D eigenvalue weighted by molar-refractivity contribution is -0.131. The number of carbonyl (C=O) groups is 1. The Morgan fingerprint density at radius 2 is 1.90 bits per heavy atom. The second kappa shape index (κ2) is 7.96. The van der Waals surface area contributed by atoms with Crippen LogP contribution in [0.4, 0.5) is 0 Å². The molecule has 2 aromatic carbocycles. The van der Waals surface area contributed by atoms with E-state index in [2.05, 4.69) is 10.1 Å². The molecule has 30 heavy (non-hydrogen) atoms. The molecule has 8 nitrogen and oxygen atoms in total. The maximum Gasteiger partial charge on any atom is 0.308 e. The van der Waals surface area contributed by atoms with E-state index in [1.807, 2.05) is 6.07 Å². The molecular weight excluding hydrogens is 406 g/mol. The van der Waals surface area contributed by atoms with Crippen LogP contribution >= 0.6 is 11.3 Å². The third-order valence-corrected chi connectivity index (χ3v) is 5.25. The van der Waals surface area contributed by atoms with Gasteiger partial charge in [-0.2, -0.15) is 9.50 Å². The fraction of sp³-hybridized carbons (Fsp3) is 0.143. The van der Waals surface area contributed by atoms with Crippen LogP contribution < -0.4 is 24.3 Å². The van der Waals surface area contributed by atoms with Gasteiger partial charge in [0.05, 0.1) is 24.3 Å². The minimum absolute atomic E-state index is 0.295. The molecule has 0 saturated carbocycles. The first-order valence-corrected chi connectivity index (χ1v) is 9.73. The van der Waals surface area contributed by atoms with Crippen molar-refractivity contribution in [2.24, 2.45) is 0 Å². The summed E-state index contributed by atoms with van der Waals surface area (Å²) in [6.07, 6.45) is 1.73. The predicted octanol–water partition coefficient (Wildman–Crippen LogP) is 2.31. The molecule has 152 valence electrons. The molecule has 9 heteroatoms. The summed E-state index contributed by atoms with van der Waals surface area (Å²) in [5.41, 5.74) is 0.974. The average Bonchev–Trinajstić information content (AvgIpc) is 3.27. The molecule has 2 aromatic heterocycles. The van der Waals surface area contributed by atoms with Gasteiger partial charge in [-0.25, -0.2) is 0 Å². The van der Waals surface area contributed by atoms with Crippen molar-refractivity contribution in [3.63, 3.8) is 0 Å². The average molecular weight is 423 g/mol. The van der Waals surface area contributed by atoms with E-state index in [0.717, 1.165) is 5.56 Å². The van der Waals surface area contributed by atoms with Crippen molar-refractivity contribution in [3.8, 4) is 28.6 Å². The lowest BCUT2D eigenvalue weighted by Crippen LogP contribution is -2.23. The highest BCUT2D eigenvalue weighted by molar-refractivity contribution is 7.15. The van der Waals surface area contributed by atoms with Crippen molar-refractivity contribution >= 4 is 28.3 Å². The molecule has 0 fully saturated rings. The Hall–Kier alpha value is -3.72. The van der Waals surface area contributed by atoms with Gasteiger partial charge < -0.3 is 14.2 Å². The van der Waals surface area contributed by atoms with Gasteiger partial charge in [-0.15, -0.1) is 5.10 Å². The Morgan fingerprint density at radius 3 is 2.60 bits per heavy atom. The second-order valence-electron chi connectivity index (χ2n) is 6.24. The Bertz CT molecular complexity index is 1360. The summed E-state index contributed by atoms with van der Waals surface area (Å²) < 4.78 is 17.5. The number of carbonyl (C=O) groups excluding carboxylic acids is 1. The van der Waals surface area contributed by atoms with Crippen LogP contribution in [0.25, 0.3) is 22.4 Å². The van der Waals surface area contributed by atoms with Crippen LogP contribution in [0.15, 0.2) is 47.3 Å². The lowest BCUT2D eigenvalue weighted by Gasteiger charge is -2.06. The van der Waals surface area contributed by atoms with Crippen molar-refractivity contribution < 1.29 is 19.0 Å². The van der Waals surface area contributed by atoms with E-state index in [-0.39, 0.29) is 5.56 Å². The van der Waals surface area contributed by atoms with Crippen LogP contribution in [0, 0.1) is 0 Å². The maximum absolute atomic E-state index is 12.9. The Balaban J connectivity index is 1.79. The lowest BCUT2D eigenvalue weighted by atomic mass is 10.2. The van der Waals surface area contributed by atoms with Crippen molar-refractivity contribution in [2.75, 3.05) is 14.2 Å². The smallest absolute Gasteiger partial charge is 0.308 e. The fourth-order valence-electron chi connectivity index (χ4n) is 2.92. The standard InChI is InChI=1S/C21H17N3O5S/c1-12(25)29-16-7-5-4-6-15(16)19-22-21-24(23-19)20(26)18(30-21)10-13-8-9-14(27-2)11-17(13)28-3/h4-11H,1-3H3/b18-10-. The number of fused-ring (bicyclic) bond motifs is 1. The summed E-state index contributed by atoms with van der Waals surface area (Å²) >= 11 is 1.21. The highest BCUT2D eigenvalue weighted by Gasteiger charge is 2.16. The van der Waals surface area contributed by atoms with Crippen molar-refractivity contribution in [2.45, 2.75) is 6.92 Å². The number of ether oxygens (including phenoxy) is 3. The largest absolute Gasteiger partial charge is 0.497 e. The molecule has 0 aliphatic heterocycles. The van der Waals surface area contributed by atoms with E-state index in [1.165, 1.54) is 22.8 Å². The summed E-state index contributed by atoms with van der Waals surface area (Å²) in [5.74, 6) is 1.45. The number of hydrogen-bond donors (Lipinski definition) is 0. The van der Waals surface area contributed by atoms with E-state index in [1.54, 1.807) is 56.7 Å². The van der Waals surface area contributed by atoms with Crippen LogP contribution in [0.3, 0.4) is 0 Å². The van der Waals surface area contributed by atoms with Gasteiger partial charge in [0, 0.05) is 18.6 Å². The molecule has 0 aliphatic carbocycles. The third kappa shape index (κ3) is 3.62. The van der Waals surface area contributed by atoms with Gasteiger partial charge in [0.25, 0.3) is 5.56 Å². The monoisotopic (exact) mass is 423 g/mol. The zero-order valence-electron chi connectivity index (χ0n) is 16.4. The zero-order chi connectivity index (χ0) is 21.3. The summed E-state index contributed by atoms with van der Waals surface area (Å²) in [6, 6.07) is 12.3. The molecule has 0 radical (unpaired) electrons. The fourth-order valence-corrected chi connectivity index (χ4v) is 3.82. The molecule has 4 rings (SSSR count). The summed E-state index contributed by atoms with van der Waals surface area (Å²) in [4.78, 5) is 29.1. The van der Waals surface area contributed by atoms with Gasteiger partial charge in [-0.1, -0.05) is 23.5 Å². The minimum atomic E-state index is -0.446. The van der Waals surface area contributed by atoms with Gasteiger partial charge in [0.15, 0.2) is 5.82 Å². The first kappa shape index (κ1) is 19.6. The second-order valence-corrected chi connectivity index (χ2v) is 7.25. The van der Waals surface area contributed by atoms with Crippen LogP contribution in [0.2, 0.25) is 0 Å². The molecule has 0 unspecified atom stereocenters. The van der Waals surface area contributed by atoms with Crippen molar-refractivity contribution in [1.29, 1.82) is 0 Å². The minimum Gasteiger partial charge on any atom is -0.497 e. The summed E-state index contributed by atoms with van der Waals surface area (Å²) in [6.45, 7) is 1.32. The Labute approximate surface area is 175 Å². The van der Waals surface area contributed by atoms with Crippen molar-refractivity contribution in [1.82, 2.24) is 14.6 Å². The van der Waals surface area contributed by atoms with E-state index in [0.29, 0.717) is 38.1 Å². The SMILES string of the molecule is COc1ccc(/C=c2\sc3nc(-c4ccccc4OC(C)=O)nn3c2=O)c(OC)c1. The zero-order valence-corrected chi connectivity index (χ0v) is 17.2. The third-order valence-electron chi connectivity index (χ3n) is 4.29. The molecule has 0 spiro atoms. The van der Waals surface area contributed by atoms with Gasteiger partial charge >= 0.3 is 5.97 Å². The number of para-hydroxylation sites is 1. The van der Waals surface area contributed by atoms with Gasteiger partial charge in [0.1, 0.15) is 17.2 Å². The molecule has 0 N–H and O–H groups in total. The molecule has 0 amide bonds. The quantitative estimate of drug-likeness (QED) is 0.359. The van der Waals surface area contributed by atoms with Crippen LogP contribution in [0.1, 0.15) is 12.5 Å². The first-order valence-electron chi connectivity index (χ1n) is 8.91. The van der Waals surface area contributed by atoms with E-state index in [4.69, 9.17) is 14.2 Å². The van der Waals surface area contributed by atoms with E-state index in [9.17, 15) is 9.59 Å². The van der Waals surface area contributed by atoms with E-state index < -0.39 is 5.97 Å². The predicted molar refractivity (Wildman–Crippen MR) is 112 cm³/mol. The summed E-state index contributed by atoms with van der Waals surface area (Å²) in [5, 5.41) is 4.32. The van der Waals surface area contributed by atoms with Gasteiger partial charge in [0.2, 0.25) is 4.96 Å². The number of aromatic nitrogens is 3. The first-order chi connectivity index (χ1) is 14.5. The van der Waals surface area contributed by atoms with Crippen LogP contribution in [-0.2, 0) is 4.79 Å². The molecular formula is C21H17N3O5S. The van der Waals surface area contributed by atoms with Crippen molar-refractivity contribution in [3.05, 3.63) is 62.9 Å². The maximum atomic E-state index is 12.9. The van der Waals surface area contributed by atoms with Gasteiger partial charge in [-0.3, -0.25) is 9.59 Å². The highest BCUT2D eigenvalue weighted by Crippen LogP contribution is 2.28. The van der Waals surface area contributed by atoms with Gasteiger partial charge in [-0.05, 0) is 30.3 Å². The topological polar surface area (TPSA) is 92.0 Å². The Morgan fingerprint density at radius 1 is 1.10 bits per heavy atom. The molecule has 0 saturated heterocycles. The number of hydrogen-bond acceptors (Lipinski definition) is 8. The number of rotatable bonds is 5. The number of methoxy groups -OCH3 is 2. The molecule has 0 atom stereocenters. The number of thiazole rings is 1. The van der Waals surface area contributed by atoms with Crippen LogP contribution in [-0.4, -0.2) is 34.8 Å². The van der Waals surface area contributed by atoms with Crippen LogP contribution in [0.5, 0.6) is 17.2 Å². The normalized spacial score (nSPS) is 11.6. The molecule has 4 aromatic rings. The molecule has 0 bridgehead atoms. The summed E-state index contributed by atoms with van der Waals surface area (Å²) in [7, 11) is 3.13. The van der Waals surface area contributed by atoms with E-state index >= 15 is 0 Å². The number of esters is 1.